The van der Waals surface area contributed by atoms with E-state index < -0.39 is 5.54 Å². The second-order valence-corrected chi connectivity index (χ2v) is 7.66. The van der Waals surface area contributed by atoms with Crippen LogP contribution in [-0.4, -0.2) is 40.4 Å². The molecule has 1 aromatic heterocycles. The minimum atomic E-state index is -0.391. The number of nitrogens with zero attached hydrogens (tertiary/aromatic N) is 2. The normalized spacial score (nSPS) is 11.0. The molecule has 1 aromatic carbocycles. The molecule has 0 fully saturated rings. The average Bonchev–Trinajstić information content (AvgIpc) is 3.13. The molecule has 0 unspecified atom stereocenters. The molecule has 0 saturated carbocycles. The minimum Gasteiger partial charge on any atom is -0.467 e. The molecule has 0 aliphatic rings. The predicted octanol–water partition coefficient (Wildman–Crippen LogP) is 3.80. The molecule has 2 aromatic rings. The van der Waals surface area contributed by atoms with Gasteiger partial charge in [-0.3, -0.25) is 4.79 Å². The second kappa shape index (κ2) is 9.78. The molecule has 0 bridgehead atoms. The molecule has 150 valence electrons. The maximum atomic E-state index is 13.1. The molecule has 0 radical (unpaired) electrons. The first kappa shape index (κ1) is 21.3. The van der Waals surface area contributed by atoms with Crippen molar-refractivity contribution >= 4 is 11.9 Å². The number of carbonyl (C=O) groups excluding carboxylic acids is 2. The van der Waals surface area contributed by atoms with E-state index >= 15 is 0 Å². The van der Waals surface area contributed by atoms with E-state index in [0.717, 1.165) is 5.56 Å². The lowest BCUT2D eigenvalue weighted by molar-refractivity contribution is -0.133. The van der Waals surface area contributed by atoms with Crippen molar-refractivity contribution in [2.75, 3.05) is 13.1 Å². The molecule has 0 aliphatic heterocycles. The quantitative estimate of drug-likeness (QED) is 0.705. The molecule has 28 heavy (non-hydrogen) atoms. The number of furan rings is 1. The van der Waals surface area contributed by atoms with Crippen molar-refractivity contribution in [2.24, 2.45) is 0 Å². The van der Waals surface area contributed by atoms with Crippen LogP contribution in [0.5, 0.6) is 0 Å². The van der Waals surface area contributed by atoms with E-state index in [1.165, 1.54) is 4.90 Å². The van der Waals surface area contributed by atoms with Crippen LogP contribution in [0.25, 0.3) is 0 Å². The van der Waals surface area contributed by atoms with Crippen molar-refractivity contribution in [2.45, 2.75) is 39.4 Å². The Balaban J connectivity index is 2.14. The zero-order valence-electron chi connectivity index (χ0n) is 16.9. The van der Waals surface area contributed by atoms with Gasteiger partial charge in [0.05, 0.1) is 12.8 Å². The number of benzene rings is 1. The molecule has 3 amide bonds. The first-order chi connectivity index (χ1) is 13.3. The lowest BCUT2D eigenvalue weighted by atomic mass is 10.1. The van der Waals surface area contributed by atoms with Gasteiger partial charge >= 0.3 is 6.03 Å². The van der Waals surface area contributed by atoms with Crippen LogP contribution in [0.1, 0.15) is 32.1 Å². The van der Waals surface area contributed by atoms with E-state index in [4.69, 9.17) is 4.42 Å². The number of amides is 3. The van der Waals surface area contributed by atoms with Crippen LogP contribution in [0.4, 0.5) is 4.79 Å². The van der Waals surface area contributed by atoms with Crippen molar-refractivity contribution < 1.29 is 14.0 Å². The van der Waals surface area contributed by atoms with E-state index in [2.05, 4.69) is 11.9 Å². The lowest BCUT2D eigenvalue weighted by Crippen LogP contribution is -2.51. The van der Waals surface area contributed by atoms with Gasteiger partial charge in [0.15, 0.2) is 0 Å². The summed E-state index contributed by atoms with van der Waals surface area (Å²) in [6, 6.07) is 13.1. The van der Waals surface area contributed by atoms with E-state index in [9.17, 15) is 9.59 Å². The first-order valence-corrected chi connectivity index (χ1v) is 9.30. The Morgan fingerprint density at radius 3 is 2.36 bits per heavy atom. The lowest BCUT2D eigenvalue weighted by Gasteiger charge is -2.29. The number of hydrogen-bond donors (Lipinski definition) is 1. The molecule has 0 atom stereocenters. The molecular formula is C22H29N3O3. The largest absolute Gasteiger partial charge is 0.467 e. The fourth-order valence-electron chi connectivity index (χ4n) is 2.66. The van der Waals surface area contributed by atoms with Gasteiger partial charge in [-0.2, -0.15) is 0 Å². The highest BCUT2D eigenvalue weighted by Crippen LogP contribution is 2.12. The Labute approximate surface area is 166 Å². The van der Waals surface area contributed by atoms with Gasteiger partial charge in [-0.05, 0) is 38.5 Å². The Morgan fingerprint density at radius 2 is 1.79 bits per heavy atom. The number of urea groups is 1. The van der Waals surface area contributed by atoms with Crippen LogP contribution in [-0.2, 0) is 17.9 Å². The molecule has 2 rings (SSSR count). The number of nitrogens with one attached hydrogen (secondary N) is 1. The van der Waals surface area contributed by atoms with Gasteiger partial charge in [0, 0.05) is 18.6 Å². The molecule has 1 N–H and O–H groups in total. The Morgan fingerprint density at radius 1 is 1.07 bits per heavy atom. The van der Waals surface area contributed by atoms with Gasteiger partial charge in [-0.1, -0.05) is 36.4 Å². The van der Waals surface area contributed by atoms with Crippen molar-refractivity contribution in [3.8, 4) is 0 Å². The fraction of sp³-hybridized carbons (Fsp3) is 0.364. The highest BCUT2D eigenvalue weighted by Gasteiger charge is 2.24. The summed E-state index contributed by atoms with van der Waals surface area (Å²) < 4.78 is 5.41. The van der Waals surface area contributed by atoms with Crippen LogP contribution >= 0.6 is 0 Å². The third kappa shape index (κ3) is 6.95. The monoisotopic (exact) mass is 383 g/mol. The van der Waals surface area contributed by atoms with Gasteiger partial charge in [-0.15, -0.1) is 6.58 Å². The van der Waals surface area contributed by atoms with E-state index in [-0.39, 0.29) is 25.0 Å². The fourth-order valence-corrected chi connectivity index (χ4v) is 2.66. The summed E-state index contributed by atoms with van der Waals surface area (Å²) in [5.41, 5.74) is 0.620. The van der Waals surface area contributed by atoms with Crippen molar-refractivity contribution in [3.63, 3.8) is 0 Å². The standard InChI is InChI=1S/C22H29N3O3/c1-5-13-24(21(27)23-22(2,3)4)17-20(26)25(16-19-12-9-14-28-19)15-18-10-7-6-8-11-18/h5-12,14H,1,13,15-17H2,2-4H3,(H,23,27). The summed E-state index contributed by atoms with van der Waals surface area (Å²) in [7, 11) is 0. The van der Waals surface area contributed by atoms with Crippen molar-refractivity contribution in [1.82, 2.24) is 15.1 Å². The van der Waals surface area contributed by atoms with Crippen LogP contribution in [0.3, 0.4) is 0 Å². The van der Waals surface area contributed by atoms with Gasteiger partial charge in [-0.25, -0.2) is 4.79 Å². The molecule has 0 spiro atoms. The molecule has 1 heterocycles. The van der Waals surface area contributed by atoms with E-state index in [1.807, 2.05) is 57.2 Å². The first-order valence-electron chi connectivity index (χ1n) is 9.30. The highest BCUT2D eigenvalue weighted by atomic mass is 16.3. The zero-order chi connectivity index (χ0) is 20.6. The minimum absolute atomic E-state index is 0.0402. The topological polar surface area (TPSA) is 65.8 Å². The van der Waals surface area contributed by atoms with E-state index in [0.29, 0.717) is 18.8 Å². The SMILES string of the molecule is C=CCN(CC(=O)N(Cc1ccccc1)Cc1ccco1)C(=O)NC(C)(C)C. The van der Waals surface area contributed by atoms with Gasteiger partial charge < -0.3 is 19.5 Å². The summed E-state index contributed by atoms with van der Waals surface area (Å²) in [5, 5.41) is 2.89. The summed E-state index contributed by atoms with van der Waals surface area (Å²) in [4.78, 5) is 28.8. The average molecular weight is 383 g/mol. The predicted molar refractivity (Wildman–Crippen MR) is 109 cm³/mol. The number of hydrogen-bond acceptors (Lipinski definition) is 3. The van der Waals surface area contributed by atoms with Gasteiger partial charge in [0.1, 0.15) is 12.3 Å². The molecule has 0 aliphatic carbocycles. The molecule has 6 nitrogen and oxygen atoms in total. The third-order valence-electron chi connectivity index (χ3n) is 3.94. The molecule has 0 saturated heterocycles. The number of rotatable bonds is 8. The summed E-state index contributed by atoms with van der Waals surface area (Å²) in [6.45, 7) is 10.4. The van der Waals surface area contributed by atoms with Gasteiger partial charge in [0.2, 0.25) is 5.91 Å². The van der Waals surface area contributed by atoms with Crippen LogP contribution in [0.2, 0.25) is 0 Å². The zero-order valence-corrected chi connectivity index (χ0v) is 16.9. The maximum Gasteiger partial charge on any atom is 0.318 e. The Kier molecular flexibility index (Phi) is 7.44. The third-order valence-corrected chi connectivity index (χ3v) is 3.94. The number of carbonyl (C=O) groups is 2. The molecular weight excluding hydrogens is 354 g/mol. The smallest absolute Gasteiger partial charge is 0.318 e. The van der Waals surface area contributed by atoms with Gasteiger partial charge in [0.25, 0.3) is 0 Å². The van der Waals surface area contributed by atoms with E-state index in [1.54, 1.807) is 23.3 Å². The van der Waals surface area contributed by atoms with Crippen LogP contribution < -0.4 is 5.32 Å². The summed E-state index contributed by atoms with van der Waals surface area (Å²) in [6.07, 6.45) is 3.20. The molecule has 6 heteroatoms. The summed E-state index contributed by atoms with van der Waals surface area (Å²) >= 11 is 0. The Bertz CT molecular complexity index is 764. The second-order valence-electron chi connectivity index (χ2n) is 7.66. The maximum absolute atomic E-state index is 13.1. The van der Waals surface area contributed by atoms with Crippen LogP contribution in [0.15, 0.2) is 65.8 Å². The van der Waals surface area contributed by atoms with Crippen molar-refractivity contribution in [3.05, 3.63) is 72.7 Å². The highest BCUT2D eigenvalue weighted by molar-refractivity contribution is 5.84. The summed E-state index contributed by atoms with van der Waals surface area (Å²) in [5.74, 6) is 0.532. The van der Waals surface area contributed by atoms with Crippen LogP contribution in [0, 0.1) is 0 Å². The Hall–Kier alpha value is -3.02. The van der Waals surface area contributed by atoms with Crippen molar-refractivity contribution in [1.29, 1.82) is 0 Å².